The number of amides is 1. The third-order valence-electron chi connectivity index (χ3n) is 5.47. The van der Waals surface area contributed by atoms with Crippen molar-refractivity contribution in [3.63, 3.8) is 0 Å². The molecule has 4 rings (SSSR count). The van der Waals surface area contributed by atoms with E-state index >= 15 is 0 Å². The predicted octanol–water partition coefficient (Wildman–Crippen LogP) is 2.53. The highest BCUT2D eigenvalue weighted by Crippen LogP contribution is 2.31. The first-order chi connectivity index (χ1) is 13.9. The van der Waals surface area contributed by atoms with Crippen molar-refractivity contribution < 1.29 is 27.9 Å². The van der Waals surface area contributed by atoms with E-state index in [1.54, 1.807) is 0 Å². The summed E-state index contributed by atoms with van der Waals surface area (Å²) in [5.41, 5.74) is -0.134. The third-order valence-corrected chi connectivity index (χ3v) is 5.47. The highest BCUT2D eigenvalue weighted by molar-refractivity contribution is 5.91. The average molecular weight is 405 g/mol. The minimum atomic E-state index is -1.08. The van der Waals surface area contributed by atoms with Gasteiger partial charge in [0.1, 0.15) is 12.0 Å². The maximum absolute atomic E-state index is 13.9. The number of carboxylic acid groups (broad SMARTS) is 1. The molecule has 2 heterocycles. The van der Waals surface area contributed by atoms with Crippen LogP contribution in [-0.2, 0) is 4.79 Å². The Morgan fingerprint density at radius 2 is 2.07 bits per heavy atom. The molecule has 1 aromatic carbocycles. The molecule has 1 aromatic heterocycles. The summed E-state index contributed by atoms with van der Waals surface area (Å²) in [6.07, 6.45) is 3.95. The Hall–Kier alpha value is -2.81. The van der Waals surface area contributed by atoms with E-state index in [4.69, 9.17) is 4.42 Å². The molecule has 0 bridgehead atoms. The Kier molecular flexibility index (Phi) is 5.31. The first-order valence-electron chi connectivity index (χ1n) is 9.58. The minimum absolute atomic E-state index is 0.0128. The SMILES string of the molecule is O=C(N[C@H]1CCN(CC2CC2)C[C@@H]1C(=O)O)c1nc(-c2cccc(F)c2F)co1. The van der Waals surface area contributed by atoms with Gasteiger partial charge in [0.25, 0.3) is 5.89 Å². The van der Waals surface area contributed by atoms with Crippen LogP contribution in [0.3, 0.4) is 0 Å². The fraction of sp³-hybridized carbons (Fsp3) is 0.450. The monoisotopic (exact) mass is 405 g/mol. The fourth-order valence-electron chi connectivity index (χ4n) is 3.71. The Labute approximate surface area is 165 Å². The van der Waals surface area contributed by atoms with Crippen molar-refractivity contribution in [3.8, 4) is 11.3 Å². The number of carbonyl (C=O) groups excluding carboxylic acids is 1. The molecule has 0 radical (unpaired) electrons. The second kappa shape index (κ2) is 7.90. The second-order valence-electron chi connectivity index (χ2n) is 7.66. The zero-order valence-electron chi connectivity index (χ0n) is 15.6. The number of halogens is 2. The molecule has 154 valence electrons. The number of carbonyl (C=O) groups is 2. The van der Waals surface area contributed by atoms with Crippen LogP contribution in [0.2, 0.25) is 0 Å². The number of likely N-dealkylation sites (tertiary alicyclic amines) is 1. The molecule has 7 nitrogen and oxygen atoms in total. The Bertz CT molecular complexity index is 928. The summed E-state index contributed by atoms with van der Waals surface area (Å²) in [4.78, 5) is 30.3. The summed E-state index contributed by atoms with van der Waals surface area (Å²) < 4.78 is 32.4. The summed E-state index contributed by atoms with van der Waals surface area (Å²) >= 11 is 0. The summed E-state index contributed by atoms with van der Waals surface area (Å²) in [6.45, 7) is 1.98. The normalized spacial score (nSPS) is 22.4. The van der Waals surface area contributed by atoms with E-state index in [0.717, 1.165) is 18.9 Å². The molecule has 2 aliphatic rings. The molecule has 2 aromatic rings. The van der Waals surface area contributed by atoms with Crippen LogP contribution in [0.1, 0.15) is 29.9 Å². The van der Waals surface area contributed by atoms with Crippen molar-refractivity contribution in [2.45, 2.75) is 25.3 Å². The van der Waals surface area contributed by atoms with Crippen LogP contribution >= 0.6 is 0 Å². The van der Waals surface area contributed by atoms with Crippen LogP contribution in [0, 0.1) is 23.5 Å². The van der Waals surface area contributed by atoms with Gasteiger partial charge in [-0.25, -0.2) is 13.8 Å². The molecule has 1 saturated heterocycles. The smallest absolute Gasteiger partial charge is 0.309 e. The maximum Gasteiger partial charge on any atom is 0.309 e. The standard InChI is InChI=1S/C20H21F2N3O4/c21-14-3-1-2-12(17(14)22)16-10-29-19(24-16)18(26)23-15-6-7-25(8-11-4-5-11)9-13(15)20(27)28/h1-3,10-11,13,15H,4-9H2,(H,23,26)(H,27,28)/t13-,15-/m0/s1. The van der Waals surface area contributed by atoms with Crippen molar-refractivity contribution in [2.75, 3.05) is 19.6 Å². The molecule has 29 heavy (non-hydrogen) atoms. The van der Waals surface area contributed by atoms with Gasteiger partial charge in [-0.1, -0.05) is 6.07 Å². The van der Waals surface area contributed by atoms with E-state index in [-0.39, 0.29) is 17.1 Å². The number of hydrogen-bond acceptors (Lipinski definition) is 5. The van der Waals surface area contributed by atoms with Crippen LogP contribution in [-0.4, -0.2) is 52.5 Å². The molecule has 1 aliphatic carbocycles. The van der Waals surface area contributed by atoms with Gasteiger partial charge in [0.15, 0.2) is 11.6 Å². The average Bonchev–Trinajstić information content (AvgIpc) is 3.37. The predicted molar refractivity (Wildman–Crippen MR) is 98.0 cm³/mol. The number of hydrogen-bond donors (Lipinski definition) is 2. The van der Waals surface area contributed by atoms with Crippen LogP contribution in [0.15, 0.2) is 28.9 Å². The first-order valence-corrected chi connectivity index (χ1v) is 9.58. The summed E-state index contributed by atoms with van der Waals surface area (Å²) in [5, 5.41) is 12.3. The molecule has 0 spiro atoms. The van der Waals surface area contributed by atoms with E-state index in [1.807, 2.05) is 0 Å². The van der Waals surface area contributed by atoms with Crippen molar-refractivity contribution in [2.24, 2.45) is 11.8 Å². The van der Waals surface area contributed by atoms with Crippen molar-refractivity contribution in [3.05, 3.63) is 42.0 Å². The van der Waals surface area contributed by atoms with Gasteiger partial charge in [0, 0.05) is 31.2 Å². The lowest BCUT2D eigenvalue weighted by atomic mass is 9.92. The van der Waals surface area contributed by atoms with E-state index in [1.165, 1.54) is 25.0 Å². The van der Waals surface area contributed by atoms with Crippen LogP contribution < -0.4 is 5.32 Å². The summed E-state index contributed by atoms with van der Waals surface area (Å²) in [7, 11) is 0. The van der Waals surface area contributed by atoms with Crippen molar-refractivity contribution in [1.82, 2.24) is 15.2 Å². The van der Waals surface area contributed by atoms with Crippen LogP contribution in [0.5, 0.6) is 0 Å². The molecule has 9 heteroatoms. The van der Waals surface area contributed by atoms with Gasteiger partial charge in [-0.3, -0.25) is 9.59 Å². The zero-order chi connectivity index (χ0) is 20.5. The number of rotatable bonds is 6. The highest BCUT2D eigenvalue weighted by atomic mass is 19.2. The summed E-state index contributed by atoms with van der Waals surface area (Å²) in [6, 6.07) is 3.08. The van der Waals surface area contributed by atoms with E-state index in [2.05, 4.69) is 15.2 Å². The first kappa shape index (κ1) is 19.5. The van der Waals surface area contributed by atoms with Gasteiger partial charge in [0.05, 0.1) is 5.92 Å². The molecule has 2 fully saturated rings. The molecule has 0 unspecified atom stereocenters. The number of carboxylic acids is 1. The molecular formula is C20H21F2N3O4. The van der Waals surface area contributed by atoms with E-state index in [0.29, 0.717) is 25.4 Å². The van der Waals surface area contributed by atoms with Crippen LogP contribution in [0.25, 0.3) is 11.3 Å². The third kappa shape index (κ3) is 4.29. The number of nitrogens with zero attached hydrogens (tertiary/aromatic N) is 2. The van der Waals surface area contributed by atoms with Crippen LogP contribution in [0.4, 0.5) is 8.78 Å². The quantitative estimate of drug-likeness (QED) is 0.767. The molecular weight excluding hydrogens is 384 g/mol. The zero-order valence-corrected chi connectivity index (χ0v) is 15.6. The fourth-order valence-corrected chi connectivity index (χ4v) is 3.71. The largest absolute Gasteiger partial charge is 0.481 e. The number of benzene rings is 1. The number of aromatic nitrogens is 1. The second-order valence-corrected chi connectivity index (χ2v) is 7.66. The number of aliphatic carboxylic acids is 1. The number of oxazole rings is 1. The maximum atomic E-state index is 13.9. The molecule has 2 N–H and O–H groups in total. The Morgan fingerprint density at radius 3 is 2.79 bits per heavy atom. The Balaban J connectivity index is 1.44. The molecule has 2 atom stereocenters. The topological polar surface area (TPSA) is 95.7 Å². The van der Waals surface area contributed by atoms with Gasteiger partial charge >= 0.3 is 11.9 Å². The molecule has 1 saturated carbocycles. The lowest BCUT2D eigenvalue weighted by Gasteiger charge is -2.36. The van der Waals surface area contributed by atoms with Gasteiger partial charge < -0.3 is 19.7 Å². The Morgan fingerprint density at radius 1 is 1.28 bits per heavy atom. The molecule has 1 aliphatic heterocycles. The van der Waals surface area contributed by atoms with Crippen molar-refractivity contribution in [1.29, 1.82) is 0 Å². The summed E-state index contributed by atoms with van der Waals surface area (Å²) in [5.74, 6) is -4.16. The van der Waals surface area contributed by atoms with Gasteiger partial charge in [-0.05, 0) is 37.3 Å². The van der Waals surface area contributed by atoms with Gasteiger partial charge in [-0.2, -0.15) is 0 Å². The lowest BCUT2D eigenvalue weighted by Crippen LogP contribution is -2.53. The van der Waals surface area contributed by atoms with Crippen molar-refractivity contribution >= 4 is 11.9 Å². The number of nitrogens with one attached hydrogen (secondary N) is 1. The van der Waals surface area contributed by atoms with Gasteiger partial charge in [-0.15, -0.1) is 0 Å². The van der Waals surface area contributed by atoms with Gasteiger partial charge in [0.2, 0.25) is 0 Å². The lowest BCUT2D eigenvalue weighted by molar-refractivity contribution is -0.144. The van der Waals surface area contributed by atoms with E-state index < -0.39 is 35.5 Å². The highest BCUT2D eigenvalue weighted by Gasteiger charge is 2.37. The van der Waals surface area contributed by atoms with E-state index in [9.17, 15) is 23.5 Å². The number of piperidine rings is 1. The molecule has 1 amide bonds. The minimum Gasteiger partial charge on any atom is -0.481 e.